The third-order valence-corrected chi connectivity index (χ3v) is 16.2. The van der Waals surface area contributed by atoms with Gasteiger partial charge in [-0.05, 0) is 115 Å². The van der Waals surface area contributed by atoms with Gasteiger partial charge in [-0.25, -0.2) is 0 Å². The van der Waals surface area contributed by atoms with Gasteiger partial charge in [-0.15, -0.1) is 0 Å². The third-order valence-electron chi connectivity index (χ3n) is 16.2. The fraction of sp³-hybridized carbons (Fsp3) is 0.788. The minimum atomic E-state index is -2.98. The lowest BCUT2D eigenvalue weighted by atomic mass is 9.49. The van der Waals surface area contributed by atoms with Crippen molar-refractivity contribution >= 4 is 65.0 Å². The number of aliphatic hydroxyl groups excluding tert-OH is 5. The molecule has 10 amide bonds. The molecule has 4 saturated carbocycles. The molecule has 0 aromatic heterocycles. The van der Waals surface area contributed by atoms with Crippen LogP contribution < -0.4 is 54.0 Å². The Balaban J connectivity index is 1.22. The van der Waals surface area contributed by atoms with E-state index in [9.17, 15) is 88.5 Å². The number of primary amides is 2. The SMILES string of the molecule is CC(=O)N[C@H]1C(O)O[C@H](CO)[C@@H](O[C@@H]2O[C@H](CO)[C@@H](O)[C@H](O)[C@]2(O)NC(C)=O)[C@@H]1OC(C)C(=O)NC(C)C(=O)NC(CCC(=O)NC(CCCC(NC(=O)CC12CC3CC(CC(C3)C1)C2)C(N)=O)C(=O)NC(C)C(=O)NC(C)C(=O)O)C(N)=O. The lowest BCUT2D eigenvalue weighted by Gasteiger charge is -2.56. The van der Waals surface area contributed by atoms with E-state index < -0.39 is 189 Å². The molecule has 4 aliphatic carbocycles. The highest BCUT2D eigenvalue weighted by atomic mass is 16.7. The summed E-state index contributed by atoms with van der Waals surface area (Å²) in [6, 6.07) is -9.94. The number of aliphatic hydroxyl groups is 6. The summed E-state index contributed by atoms with van der Waals surface area (Å²) >= 11 is 0. The van der Waals surface area contributed by atoms with Gasteiger partial charge in [-0.3, -0.25) is 52.7 Å². The third kappa shape index (κ3) is 17.9. The molecule has 2 heterocycles. The normalized spacial score (nSPS) is 32.1. The zero-order chi connectivity index (χ0) is 62.7. The average molecular weight is 1200 g/mol. The summed E-state index contributed by atoms with van der Waals surface area (Å²) in [6.07, 6.45) is -11.7. The Hall–Kier alpha value is -6.23. The van der Waals surface area contributed by atoms with Crippen LogP contribution >= 0.6 is 0 Å². The monoisotopic (exact) mass is 1200 g/mol. The molecule has 19 N–H and O–H groups in total. The van der Waals surface area contributed by atoms with Gasteiger partial charge in [0.2, 0.25) is 71.1 Å². The zero-order valence-electron chi connectivity index (χ0n) is 47.8. The molecule has 2 aliphatic heterocycles. The molecule has 4 bridgehead atoms. The summed E-state index contributed by atoms with van der Waals surface area (Å²) in [5.74, 6) is -8.38. The van der Waals surface area contributed by atoms with E-state index in [-0.39, 0.29) is 37.0 Å². The molecule has 6 fully saturated rings. The number of ether oxygens (including phenoxy) is 4. The topological polar surface area (TPSA) is 515 Å². The number of hydrogen-bond donors (Lipinski definition) is 17. The van der Waals surface area contributed by atoms with Gasteiger partial charge in [-0.1, -0.05) is 0 Å². The number of carbonyl (C=O) groups is 11. The number of hydrogen-bond acceptors (Lipinski definition) is 21. The zero-order valence-corrected chi connectivity index (χ0v) is 47.8. The first-order valence-electron chi connectivity index (χ1n) is 28.1. The second-order valence-electron chi connectivity index (χ2n) is 23.1. The Kier molecular flexibility index (Phi) is 24.3. The quantitative estimate of drug-likeness (QED) is 0.0297. The van der Waals surface area contributed by atoms with E-state index >= 15 is 0 Å². The van der Waals surface area contributed by atoms with Crippen LogP contribution in [0.3, 0.4) is 0 Å². The van der Waals surface area contributed by atoms with E-state index in [1.807, 2.05) is 5.32 Å². The number of nitrogens with two attached hydrogens (primary N) is 2. The predicted octanol–water partition coefficient (Wildman–Crippen LogP) is -6.80. The Labute approximate surface area is 483 Å². The molecule has 0 radical (unpaired) electrons. The predicted molar refractivity (Wildman–Crippen MR) is 284 cm³/mol. The average Bonchev–Trinajstić information content (AvgIpc) is 3.59. The number of carbonyl (C=O) groups excluding carboxylic acids is 10. The lowest BCUT2D eigenvalue weighted by Crippen LogP contribution is -2.75. The maximum absolute atomic E-state index is 13.7. The number of carboxylic acid groups (broad SMARTS) is 1. The number of carboxylic acids is 1. The molecule has 6 rings (SSSR count). The van der Waals surface area contributed by atoms with Crippen molar-refractivity contribution in [1.29, 1.82) is 0 Å². The first kappa shape index (κ1) is 68.5. The summed E-state index contributed by atoms with van der Waals surface area (Å²) in [4.78, 5) is 142. The van der Waals surface area contributed by atoms with Crippen LogP contribution in [0.5, 0.6) is 0 Å². The number of amides is 10. The van der Waals surface area contributed by atoms with Crippen molar-refractivity contribution in [3.05, 3.63) is 0 Å². The standard InChI is InChI=1S/C52H84N10O22/c1-21(44(73)57-23(3)48(77)78)56-47(76)32(9-7-8-30(42(53)71)59-36(68)18-51-15-27-12-28(16-51)14-29(13-27)17-51)60-35(67)11-10-31(43(54)72)61-45(74)22(2)55-46(75)24(4)81-40-37(58-25(5)65)49(79)82-34(20-64)39(40)84-50-52(80,62-26(6)66)41(70)38(69)33(19-63)83-50/h21-24,27-34,37-41,49-50,63-64,69-70,79-80H,7-20H2,1-6H3,(H2,53,71)(H2,54,72)(H,55,75)(H,56,76)(H,57,73)(H,58,65)(H,59,68)(H,60,67)(H,61,74)(H,62,66)(H,77,78)/t21?,22?,23?,24?,27?,28?,29?,30?,31?,32?,33-,34-,37-,38-,39-,40-,41+,49?,50+,51?,52-/m1/s1. The summed E-state index contributed by atoms with van der Waals surface area (Å²) in [5, 5.41) is 92.3. The van der Waals surface area contributed by atoms with Crippen molar-refractivity contribution in [3.8, 4) is 0 Å². The second-order valence-corrected chi connectivity index (χ2v) is 23.1. The summed E-state index contributed by atoms with van der Waals surface area (Å²) in [5.41, 5.74) is 8.22. The maximum Gasteiger partial charge on any atom is 0.325 e. The first-order chi connectivity index (χ1) is 39.3. The van der Waals surface area contributed by atoms with Gasteiger partial charge >= 0.3 is 5.97 Å². The number of aliphatic carboxylic acids is 1. The van der Waals surface area contributed by atoms with Crippen LogP contribution in [0.2, 0.25) is 0 Å². The fourth-order valence-corrected chi connectivity index (χ4v) is 12.3. The molecule has 84 heavy (non-hydrogen) atoms. The van der Waals surface area contributed by atoms with E-state index in [2.05, 4.69) is 37.2 Å². The van der Waals surface area contributed by atoms with Crippen LogP contribution in [-0.2, 0) is 71.7 Å². The lowest BCUT2D eigenvalue weighted by molar-refractivity contribution is -0.379. The van der Waals surface area contributed by atoms with Crippen LogP contribution in [0.15, 0.2) is 0 Å². The van der Waals surface area contributed by atoms with E-state index in [4.69, 9.17) is 30.4 Å². The van der Waals surface area contributed by atoms with Gasteiger partial charge in [0.1, 0.15) is 85.0 Å². The molecule has 0 aromatic rings. The van der Waals surface area contributed by atoms with Gasteiger partial charge in [-0.2, -0.15) is 0 Å². The highest BCUT2D eigenvalue weighted by Gasteiger charge is 2.59. The van der Waals surface area contributed by atoms with Crippen LogP contribution in [0, 0.1) is 23.2 Å². The second kappa shape index (κ2) is 29.7. The van der Waals surface area contributed by atoms with Crippen LogP contribution in [0.25, 0.3) is 0 Å². The van der Waals surface area contributed by atoms with Gasteiger partial charge in [0.05, 0.1) is 13.2 Å². The molecule has 0 aromatic carbocycles. The van der Waals surface area contributed by atoms with Gasteiger partial charge in [0.25, 0.3) is 0 Å². The van der Waals surface area contributed by atoms with Crippen molar-refractivity contribution in [2.45, 2.75) is 222 Å². The first-order valence-corrected chi connectivity index (χ1v) is 28.1. The smallest absolute Gasteiger partial charge is 0.325 e. The van der Waals surface area contributed by atoms with Gasteiger partial charge in [0, 0.05) is 26.7 Å². The van der Waals surface area contributed by atoms with E-state index in [0.29, 0.717) is 17.8 Å². The number of nitrogens with one attached hydrogen (secondary N) is 8. The van der Waals surface area contributed by atoms with E-state index in [1.54, 1.807) is 0 Å². The van der Waals surface area contributed by atoms with Crippen LogP contribution in [-0.4, -0.2) is 217 Å². The van der Waals surface area contributed by atoms with Crippen molar-refractivity contribution in [2.75, 3.05) is 13.2 Å². The highest BCUT2D eigenvalue weighted by Crippen LogP contribution is 2.61. The largest absolute Gasteiger partial charge is 0.480 e. The summed E-state index contributed by atoms with van der Waals surface area (Å²) in [6.45, 7) is 4.83. The highest BCUT2D eigenvalue weighted by molar-refractivity contribution is 5.94. The molecule has 0 spiro atoms. The molecular formula is C52H84N10O22. The molecule has 474 valence electrons. The Morgan fingerprint density at radius 3 is 1.65 bits per heavy atom. The molecule has 32 nitrogen and oxygen atoms in total. The van der Waals surface area contributed by atoms with Crippen LogP contribution in [0.1, 0.15) is 119 Å². The van der Waals surface area contributed by atoms with E-state index in [1.165, 1.54) is 40.0 Å². The molecule has 8 unspecified atom stereocenters. The maximum atomic E-state index is 13.7. The van der Waals surface area contributed by atoms with Crippen molar-refractivity contribution in [2.24, 2.45) is 34.6 Å². The Morgan fingerprint density at radius 2 is 1.13 bits per heavy atom. The van der Waals surface area contributed by atoms with Gasteiger partial charge < -0.3 is 109 Å². The minimum absolute atomic E-state index is 0.0141. The Bertz CT molecular complexity index is 2390. The molecular weight excluding hydrogens is 1120 g/mol. The summed E-state index contributed by atoms with van der Waals surface area (Å²) in [7, 11) is 0. The fourth-order valence-electron chi connectivity index (χ4n) is 12.3. The van der Waals surface area contributed by atoms with Crippen molar-refractivity contribution in [3.63, 3.8) is 0 Å². The van der Waals surface area contributed by atoms with Gasteiger partial charge in [0.15, 0.2) is 6.29 Å². The Morgan fingerprint density at radius 1 is 0.619 bits per heavy atom. The molecule has 17 atom stereocenters. The molecule has 2 saturated heterocycles. The van der Waals surface area contributed by atoms with Crippen molar-refractivity contribution < 1.29 is 107 Å². The molecule has 32 heteroatoms. The van der Waals surface area contributed by atoms with E-state index in [0.717, 1.165) is 40.0 Å². The van der Waals surface area contributed by atoms with Crippen molar-refractivity contribution in [1.82, 2.24) is 42.5 Å². The molecule has 6 aliphatic rings. The number of rotatable bonds is 30. The minimum Gasteiger partial charge on any atom is -0.480 e. The van der Waals surface area contributed by atoms with Crippen LogP contribution in [0.4, 0.5) is 0 Å². The summed E-state index contributed by atoms with van der Waals surface area (Å²) < 4.78 is 22.9.